The lowest BCUT2D eigenvalue weighted by Crippen LogP contribution is -2.68. The summed E-state index contributed by atoms with van der Waals surface area (Å²) in [5.41, 5.74) is 10.00. The molecule has 0 radical (unpaired) electrons. The Morgan fingerprint density at radius 3 is 1.53 bits per heavy atom. The number of pyridine rings is 1. The molecule has 6 heteroatoms. The van der Waals surface area contributed by atoms with Gasteiger partial charge < -0.3 is 0 Å². The van der Waals surface area contributed by atoms with E-state index in [0.717, 1.165) is 0 Å². The summed E-state index contributed by atoms with van der Waals surface area (Å²) in [5.74, 6) is 0. The van der Waals surface area contributed by atoms with Crippen LogP contribution >= 0.6 is 0 Å². The van der Waals surface area contributed by atoms with Crippen molar-refractivity contribution >= 4 is 0 Å². The third-order valence-electron chi connectivity index (χ3n) is 5.09. The van der Waals surface area contributed by atoms with E-state index in [1.165, 1.54) is 44.9 Å². The van der Waals surface area contributed by atoms with Gasteiger partial charge in [-0.3, -0.25) is 0 Å². The zero-order valence-corrected chi connectivity index (χ0v) is 18.9. The number of nitrogens with zero attached hydrogens (tertiary/aromatic N) is 1. The lowest BCUT2D eigenvalue weighted by atomic mass is 10.00. The highest BCUT2D eigenvalue weighted by Gasteiger charge is 2.24. The number of para-hydroxylation sites is 1. The van der Waals surface area contributed by atoms with E-state index in [-0.39, 0.29) is 0 Å². The number of halogens is 1. The third-order valence-corrected chi connectivity index (χ3v) is 5.09. The Balaban J connectivity index is 0.000000523. The second kappa shape index (κ2) is 10.0. The molecule has 1 aromatic heterocycles. The number of benzene rings is 3. The summed E-state index contributed by atoms with van der Waals surface area (Å²) in [6.45, 7) is 6.58. The number of hydrogen-bond acceptors (Lipinski definition) is 4. The molecule has 0 fully saturated rings. The quantitative estimate of drug-likeness (QED) is 0.442. The molecule has 0 saturated heterocycles. The van der Waals surface area contributed by atoms with Gasteiger partial charge in [-0.25, -0.2) is 18.6 Å². The maximum absolute atomic E-state index is 8.49. The van der Waals surface area contributed by atoms with Gasteiger partial charge in [0.15, 0.2) is 5.69 Å². The molecule has 3 aromatic carbocycles. The standard InChI is InChI=1S/C26H24N.ClHO4/c1-19-11-10-12-20(2)26(19)27-21(3)17-24(22-13-6-4-7-14-22)18-25(27)23-15-8-5-9-16-23;2-1(3,4)5/h4-18H,1-3H3;(H,2,3,4,5)/q+1;/p-1. The molecular weight excluding hydrogens is 426 g/mol. The van der Waals surface area contributed by atoms with E-state index in [1.54, 1.807) is 0 Å². The molecule has 0 bridgehead atoms. The third kappa shape index (κ3) is 6.01. The summed E-state index contributed by atoms with van der Waals surface area (Å²) >= 11 is 0. The molecule has 4 aromatic rings. The smallest absolute Gasteiger partial charge is 0.219 e. The van der Waals surface area contributed by atoms with E-state index in [4.69, 9.17) is 18.6 Å². The average molecular weight is 450 g/mol. The van der Waals surface area contributed by atoms with Crippen LogP contribution in [-0.2, 0) is 0 Å². The molecule has 0 spiro atoms. The largest absolute Gasteiger partial charge is 0.222 e. The fraction of sp³-hybridized carbons (Fsp3) is 0.115. The SMILES string of the molecule is Cc1cccc(C)c1-[n+]1c(C)cc(-c2ccccc2)cc1-c1ccccc1.[O-][Cl+3]([O-])([O-])[O-]. The van der Waals surface area contributed by atoms with Crippen molar-refractivity contribution in [3.05, 3.63) is 108 Å². The Morgan fingerprint density at radius 2 is 1.03 bits per heavy atom. The molecule has 0 unspecified atom stereocenters. The first kappa shape index (κ1) is 23.6. The molecule has 164 valence electrons. The first-order chi connectivity index (χ1) is 15.1. The van der Waals surface area contributed by atoms with Gasteiger partial charge in [-0.1, -0.05) is 66.7 Å². The van der Waals surface area contributed by atoms with Gasteiger partial charge in [-0.2, -0.15) is 4.57 Å². The molecule has 0 amide bonds. The summed E-state index contributed by atoms with van der Waals surface area (Å²) in [6.07, 6.45) is 0. The van der Waals surface area contributed by atoms with Crippen molar-refractivity contribution in [3.63, 3.8) is 0 Å². The van der Waals surface area contributed by atoms with Crippen molar-refractivity contribution in [2.24, 2.45) is 0 Å². The van der Waals surface area contributed by atoms with E-state index >= 15 is 0 Å². The van der Waals surface area contributed by atoms with Crippen LogP contribution in [0.2, 0.25) is 0 Å². The van der Waals surface area contributed by atoms with Gasteiger partial charge in [-0.15, -0.1) is 10.2 Å². The molecular formula is C26H24ClNO4. The van der Waals surface area contributed by atoms with Gasteiger partial charge in [0.05, 0.1) is 0 Å². The summed E-state index contributed by atoms with van der Waals surface area (Å²) < 4.78 is 36.4. The van der Waals surface area contributed by atoms with Crippen LogP contribution < -0.4 is 23.2 Å². The number of hydrogen-bond donors (Lipinski definition) is 0. The van der Waals surface area contributed by atoms with Crippen LogP contribution in [0, 0.1) is 31.0 Å². The van der Waals surface area contributed by atoms with Crippen molar-refractivity contribution in [2.75, 3.05) is 0 Å². The molecule has 0 N–H and O–H groups in total. The molecule has 0 atom stereocenters. The van der Waals surface area contributed by atoms with Crippen molar-refractivity contribution in [2.45, 2.75) is 20.8 Å². The molecule has 5 nitrogen and oxygen atoms in total. The van der Waals surface area contributed by atoms with Gasteiger partial charge in [0, 0.05) is 35.7 Å². The summed E-state index contributed by atoms with van der Waals surface area (Å²) in [5, 5.41) is 0. The second-order valence-corrected chi connectivity index (χ2v) is 8.21. The van der Waals surface area contributed by atoms with E-state index < -0.39 is 10.2 Å². The highest BCUT2D eigenvalue weighted by molar-refractivity contribution is 5.69. The van der Waals surface area contributed by atoms with Crippen LogP contribution in [0.4, 0.5) is 0 Å². The molecule has 0 aliphatic rings. The predicted molar refractivity (Wildman–Crippen MR) is 113 cm³/mol. The van der Waals surface area contributed by atoms with Crippen LogP contribution in [0.5, 0.6) is 0 Å². The Bertz CT molecular complexity index is 1160. The van der Waals surface area contributed by atoms with E-state index in [1.807, 2.05) is 0 Å². The van der Waals surface area contributed by atoms with Crippen molar-refractivity contribution in [1.82, 2.24) is 0 Å². The van der Waals surface area contributed by atoms with Crippen LogP contribution in [-0.4, -0.2) is 0 Å². The van der Waals surface area contributed by atoms with Crippen molar-refractivity contribution < 1.29 is 33.4 Å². The van der Waals surface area contributed by atoms with E-state index in [2.05, 4.69) is 116 Å². The Kier molecular flexibility index (Phi) is 7.40. The highest BCUT2D eigenvalue weighted by atomic mass is 35.7. The van der Waals surface area contributed by atoms with Crippen LogP contribution in [0.1, 0.15) is 16.8 Å². The zero-order chi connectivity index (χ0) is 23.3. The van der Waals surface area contributed by atoms with Gasteiger partial charge in [-0.05, 0) is 37.1 Å². The minimum absolute atomic E-state index is 1.21. The molecule has 0 saturated carbocycles. The highest BCUT2D eigenvalue weighted by Crippen LogP contribution is 2.27. The Labute approximate surface area is 190 Å². The van der Waals surface area contributed by atoms with E-state index in [9.17, 15) is 0 Å². The topological polar surface area (TPSA) is 96.1 Å². The van der Waals surface area contributed by atoms with Crippen molar-refractivity contribution in [1.29, 1.82) is 0 Å². The lowest BCUT2D eigenvalue weighted by Gasteiger charge is -2.17. The maximum Gasteiger partial charge on any atom is 0.219 e. The van der Waals surface area contributed by atoms with Gasteiger partial charge in [0.2, 0.25) is 11.4 Å². The maximum atomic E-state index is 8.49. The molecule has 4 rings (SSSR count). The number of rotatable bonds is 3. The van der Waals surface area contributed by atoms with Gasteiger partial charge in [0.1, 0.15) is 0 Å². The van der Waals surface area contributed by atoms with Gasteiger partial charge in [0.25, 0.3) is 0 Å². The first-order valence-corrected chi connectivity index (χ1v) is 11.2. The first-order valence-electron chi connectivity index (χ1n) is 10.0. The predicted octanol–water partition coefficient (Wildman–Crippen LogP) is 1.47. The molecule has 0 aliphatic carbocycles. The molecule has 1 heterocycles. The van der Waals surface area contributed by atoms with Crippen LogP contribution in [0.25, 0.3) is 28.1 Å². The fourth-order valence-electron chi connectivity index (χ4n) is 3.81. The summed E-state index contributed by atoms with van der Waals surface area (Å²) in [7, 11) is -4.94. The fourth-order valence-corrected chi connectivity index (χ4v) is 3.81. The monoisotopic (exact) mass is 449 g/mol. The number of aromatic nitrogens is 1. The molecule has 0 aliphatic heterocycles. The number of aryl methyl sites for hydroxylation is 3. The Morgan fingerprint density at radius 1 is 0.562 bits per heavy atom. The minimum Gasteiger partial charge on any atom is -0.222 e. The van der Waals surface area contributed by atoms with Crippen LogP contribution in [0.3, 0.4) is 0 Å². The average Bonchev–Trinajstić information content (AvgIpc) is 2.74. The normalized spacial score (nSPS) is 11.0. The summed E-state index contributed by atoms with van der Waals surface area (Å²) in [6, 6.07) is 32.4. The molecule has 32 heavy (non-hydrogen) atoms. The minimum atomic E-state index is -4.94. The van der Waals surface area contributed by atoms with Crippen LogP contribution in [0.15, 0.2) is 91.0 Å². The van der Waals surface area contributed by atoms with Crippen molar-refractivity contribution in [3.8, 4) is 28.1 Å². The lowest BCUT2D eigenvalue weighted by molar-refractivity contribution is -2.00. The zero-order valence-electron chi connectivity index (χ0n) is 18.1. The second-order valence-electron chi connectivity index (χ2n) is 7.46. The van der Waals surface area contributed by atoms with E-state index in [0.29, 0.717) is 0 Å². The Hall–Kier alpha value is -3.06. The van der Waals surface area contributed by atoms with Gasteiger partial charge >= 0.3 is 0 Å². The summed E-state index contributed by atoms with van der Waals surface area (Å²) in [4.78, 5) is 0.